The number of carboxylic acids is 1. The molecule has 0 bridgehead atoms. The minimum atomic E-state index is -1.06. The fraction of sp³-hybridized carbons (Fsp3) is 0.100. The number of rotatable bonds is 4. The van der Waals surface area contributed by atoms with Gasteiger partial charge >= 0.3 is 5.97 Å². The van der Waals surface area contributed by atoms with Gasteiger partial charge < -0.3 is 14.7 Å². The predicted octanol–water partition coefficient (Wildman–Crippen LogP) is 6.39. The molecule has 3 aromatic carbocycles. The van der Waals surface area contributed by atoms with Crippen LogP contribution < -0.4 is 4.98 Å². The van der Waals surface area contributed by atoms with Crippen molar-refractivity contribution in [1.82, 2.24) is 19.5 Å². The van der Waals surface area contributed by atoms with Gasteiger partial charge in [0.2, 0.25) is 0 Å². The number of nitrogens with zero attached hydrogens (tertiary/aromatic N) is 4. The third kappa shape index (κ3) is 4.28. The molecule has 186 valence electrons. The van der Waals surface area contributed by atoms with Crippen LogP contribution in [0.2, 0.25) is 0 Å². The number of carbonyl (C=O) groups is 1. The van der Waals surface area contributed by atoms with Crippen LogP contribution in [0.25, 0.3) is 55.7 Å². The molecule has 3 aromatic heterocycles. The third-order valence-corrected chi connectivity index (χ3v) is 6.55. The van der Waals surface area contributed by atoms with Crippen molar-refractivity contribution >= 4 is 27.9 Å². The van der Waals surface area contributed by atoms with Gasteiger partial charge in [0.15, 0.2) is 0 Å². The molecule has 0 fully saturated rings. The zero-order chi connectivity index (χ0) is 25.0. The second kappa shape index (κ2) is 9.45. The molecule has 0 aliphatic heterocycles. The number of aryl methyl sites for hydroxylation is 3. The van der Waals surface area contributed by atoms with Gasteiger partial charge in [-0.15, -0.1) is 5.52 Å². The number of hydrogen-bond acceptors (Lipinski definition) is 3. The molecule has 0 radical (unpaired) electrons. The van der Waals surface area contributed by atoms with Gasteiger partial charge in [-0.25, -0.2) is 14.8 Å². The number of hydrogen-bond donors (Lipinski definition) is 1. The molecule has 0 unspecified atom stereocenters. The average molecular weight is 667 g/mol. The molecular weight excluding hydrogens is 643 g/mol. The van der Waals surface area contributed by atoms with E-state index in [1.54, 1.807) is 12.3 Å². The first kappa shape index (κ1) is 24.7. The largest absolute Gasteiger partial charge is 0.663 e. The Morgan fingerprint density at radius 2 is 1.57 bits per heavy atom. The van der Waals surface area contributed by atoms with Gasteiger partial charge in [0.25, 0.3) is 0 Å². The first-order valence-corrected chi connectivity index (χ1v) is 11.7. The summed E-state index contributed by atoms with van der Waals surface area (Å²) in [6.07, 6.45) is 1.80. The van der Waals surface area contributed by atoms with E-state index in [-0.39, 0.29) is 26.8 Å². The van der Waals surface area contributed by atoms with Crippen LogP contribution in [0.15, 0.2) is 79.0 Å². The van der Waals surface area contributed by atoms with Gasteiger partial charge in [0, 0.05) is 39.2 Å². The van der Waals surface area contributed by atoms with Crippen molar-refractivity contribution in [3.05, 3.63) is 95.8 Å². The number of aromatic carboxylic acids is 1. The summed E-state index contributed by atoms with van der Waals surface area (Å²) in [6.45, 7) is 4.07. The zero-order valence-electron chi connectivity index (χ0n) is 20.5. The molecule has 3 heterocycles. The van der Waals surface area contributed by atoms with Gasteiger partial charge in [0.1, 0.15) is 11.5 Å². The molecule has 7 heteroatoms. The van der Waals surface area contributed by atoms with Crippen LogP contribution in [-0.2, 0) is 28.1 Å². The van der Waals surface area contributed by atoms with E-state index in [2.05, 4.69) is 28.2 Å². The minimum Gasteiger partial charge on any atom is -0.663 e. The number of fused-ring (bicyclic) bond motifs is 2. The maximum absolute atomic E-state index is 12.0. The van der Waals surface area contributed by atoms with Crippen molar-refractivity contribution < 1.29 is 31.0 Å². The van der Waals surface area contributed by atoms with Crippen LogP contribution in [0.5, 0.6) is 0 Å². The second-order valence-corrected chi connectivity index (χ2v) is 9.16. The summed E-state index contributed by atoms with van der Waals surface area (Å²) in [5.74, 6) is -0.268. The van der Waals surface area contributed by atoms with E-state index < -0.39 is 5.97 Å². The topological polar surface area (TPSA) is 82.1 Å². The summed E-state index contributed by atoms with van der Waals surface area (Å²) in [6, 6.07) is 23.8. The van der Waals surface area contributed by atoms with Crippen LogP contribution in [0, 0.1) is 13.8 Å². The van der Waals surface area contributed by atoms with Crippen molar-refractivity contribution in [2.75, 3.05) is 0 Å². The number of para-hydroxylation sites is 2. The average Bonchev–Trinajstić information content (AvgIpc) is 3.47. The Hall–Kier alpha value is -4.02. The predicted molar refractivity (Wildman–Crippen MR) is 142 cm³/mol. The maximum Gasteiger partial charge on any atom is 0.354 e. The van der Waals surface area contributed by atoms with E-state index in [0.717, 1.165) is 61.1 Å². The van der Waals surface area contributed by atoms with Crippen molar-refractivity contribution in [2.24, 2.45) is 7.05 Å². The second-order valence-electron chi connectivity index (χ2n) is 9.16. The van der Waals surface area contributed by atoms with Crippen LogP contribution in [-0.4, -0.2) is 25.6 Å². The molecule has 6 nitrogen and oxygen atoms in total. The molecule has 6 aromatic rings. The Morgan fingerprint density at radius 3 is 2.32 bits per heavy atom. The number of pyridine rings is 1. The first-order valence-electron chi connectivity index (χ1n) is 11.7. The Morgan fingerprint density at radius 1 is 0.865 bits per heavy atom. The van der Waals surface area contributed by atoms with Crippen molar-refractivity contribution in [1.29, 1.82) is 0 Å². The van der Waals surface area contributed by atoms with Gasteiger partial charge in [0.05, 0.1) is 16.7 Å². The van der Waals surface area contributed by atoms with Crippen molar-refractivity contribution in [3.8, 4) is 33.8 Å². The Labute approximate surface area is 228 Å². The van der Waals surface area contributed by atoms with E-state index in [4.69, 9.17) is 4.98 Å². The number of benzene rings is 3. The minimum absolute atomic E-state index is 0. The summed E-state index contributed by atoms with van der Waals surface area (Å²) in [5, 5.41) is 10.9. The van der Waals surface area contributed by atoms with E-state index >= 15 is 0 Å². The smallest absolute Gasteiger partial charge is 0.354 e. The van der Waals surface area contributed by atoms with Crippen LogP contribution in [0.1, 0.15) is 21.6 Å². The molecular formula is C30H23N4O2Pt-. The van der Waals surface area contributed by atoms with Gasteiger partial charge in [-0.2, -0.15) is 6.20 Å². The van der Waals surface area contributed by atoms with Crippen molar-refractivity contribution in [2.45, 2.75) is 13.8 Å². The Bertz CT molecular complexity index is 1800. The van der Waals surface area contributed by atoms with Crippen LogP contribution in [0.3, 0.4) is 0 Å². The number of carboxylic acid groups (broad SMARTS) is 1. The molecule has 0 spiro atoms. The van der Waals surface area contributed by atoms with Gasteiger partial charge in [-0.05, 0) is 48.6 Å². The van der Waals surface area contributed by atoms with E-state index in [1.165, 1.54) is 0 Å². The molecule has 0 aliphatic rings. The van der Waals surface area contributed by atoms with Crippen molar-refractivity contribution in [3.63, 3.8) is 0 Å². The standard InChI is InChI=1S/C30H24N4O2.Pt/c1-17-12-18(2)14-20(13-17)21-15-24(32-25(16-21)30(35)36)22-7-5-9-26-28(22)33-29(34(26)3)23-8-4-6-19-10-11-31-27(19)23;/h4-16H,1-3H3,(H2,31,32,33,35,36);/p-1. The Balaban J connectivity index is 0.00000280. The molecule has 0 saturated heterocycles. The zero-order valence-corrected chi connectivity index (χ0v) is 22.7. The molecule has 0 amide bonds. The van der Waals surface area contributed by atoms with E-state index in [9.17, 15) is 9.90 Å². The summed E-state index contributed by atoms with van der Waals surface area (Å²) in [7, 11) is 1.98. The molecule has 37 heavy (non-hydrogen) atoms. The normalized spacial score (nSPS) is 11.1. The SMILES string of the molecule is Cc1cc(C)cc(-c2cc(C(=O)O)nc(-c3cccc4c3nc(-c3cccc5cc[n-]c35)n4C)c2)c1.[Pt]. The molecule has 1 N–H and O–H groups in total. The molecule has 0 saturated carbocycles. The maximum atomic E-state index is 12.0. The fourth-order valence-electron chi connectivity index (χ4n) is 4.96. The summed E-state index contributed by atoms with van der Waals surface area (Å²) in [4.78, 5) is 26.1. The fourth-order valence-corrected chi connectivity index (χ4v) is 4.96. The molecule has 0 atom stereocenters. The number of aromatic nitrogens is 4. The number of imidazole rings is 1. The summed E-state index contributed by atoms with van der Waals surface area (Å²) < 4.78 is 2.05. The molecule has 6 rings (SSSR count). The van der Waals surface area contributed by atoms with Crippen LogP contribution in [0.4, 0.5) is 0 Å². The quantitative estimate of drug-likeness (QED) is 0.236. The van der Waals surface area contributed by atoms with E-state index in [0.29, 0.717) is 5.69 Å². The van der Waals surface area contributed by atoms with E-state index in [1.807, 2.05) is 74.0 Å². The Kier molecular flexibility index (Phi) is 6.30. The van der Waals surface area contributed by atoms with Gasteiger partial charge in [-0.3, -0.25) is 0 Å². The third-order valence-electron chi connectivity index (χ3n) is 6.55. The summed E-state index contributed by atoms with van der Waals surface area (Å²) >= 11 is 0. The van der Waals surface area contributed by atoms with Gasteiger partial charge in [-0.1, -0.05) is 65.7 Å². The van der Waals surface area contributed by atoms with Crippen LogP contribution >= 0.6 is 0 Å². The first-order chi connectivity index (χ1) is 17.4. The summed E-state index contributed by atoms with van der Waals surface area (Å²) in [5.41, 5.74) is 8.91. The molecule has 0 aliphatic carbocycles. The monoisotopic (exact) mass is 666 g/mol.